The molecule has 2 nitrogen and oxygen atoms in total. The summed E-state index contributed by atoms with van der Waals surface area (Å²) >= 11 is 0. The smallest absolute Gasteiger partial charge is 0.299 e. The summed E-state index contributed by atoms with van der Waals surface area (Å²) in [5.74, 6) is 0. The van der Waals surface area contributed by atoms with E-state index in [2.05, 4.69) is 6.07 Å². The molecule has 0 aliphatic carbocycles. The predicted molar refractivity (Wildman–Crippen MR) is 54.7 cm³/mol. The number of rotatable bonds is 3. The molecule has 0 aromatic heterocycles. The minimum absolute atomic E-state index is 0.0230. The molecule has 0 N–H and O–H groups in total. The summed E-state index contributed by atoms with van der Waals surface area (Å²) in [5, 5.41) is 8.66. The number of hydrogen-bond acceptors (Lipinski definition) is 2. The first-order valence-electron chi connectivity index (χ1n) is 5.70. The van der Waals surface area contributed by atoms with Gasteiger partial charge in [-0.3, -0.25) is 4.90 Å². The first-order chi connectivity index (χ1) is 7.53. The van der Waals surface area contributed by atoms with Crippen LogP contribution in [0.25, 0.3) is 0 Å². The second-order valence-corrected chi connectivity index (χ2v) is 4.27. The van der Waals surface area contributed by atoms with Crippen molar-refractivity contribution in [3.63, 3.8) is 0 Å². The summed E-state index contributed by atoms with van der Waals surface area (Å²) in [6.07, 6.45) is -0.638. The molecule has 0 radical (unpaired) electrons. The van der Waals surface area contributed by atoms with Gasteiger partial charge in [0, 0.05) is 12.6 Å². The van der Waals surface area contributed by atoms with E-state index in [9.17, 15) is 13.2 Å². The quantitative estimate of drug-likeness (QED) is 0.750. The van der Waals surface area contributed by atoms with Crippen molar-refractivity contribution in [1.82, 2.24) is 4.90 Å². The maximum absolute atomic E-state index is 12.1. The number of nitriles is 1. The number of nitrogens with zero attached hydrogens (tertiary/aromatic N) is 2. The molecule has 0 bridgehead atoms. The maximum Gasteiger partial charge on any atom is 0.390 e. The fraction of sp³-hybridized carbons (Fsp3) is 0.909. The molecule has 5 heteroatoms. The molecule has 1 rings (SSSR count). The summed E-state index contributed by atoms with van der Waals surface area (Å²) < 4.78 is 36.4. The predicted octanol–water partition coefficient (Wildman–Crippen LogP) is 3.10. The fourth-order valence-electron chi connectivity index (χ4n) is 2.14. The van der Waals surface area contributed by atoms with Gasteiger partial charge in [0.05, 0.1) is 18.9 Å². The number of halogens is 3. The van der Waals surface area contributed by atoms with E-state index in [-0.39, 0.29) is 12.6 Å². The van der Waals surface area contributed by atoms with Crippen LogP contribution in [0, 0.1) is 11.3 Å². The van der Waals surface area contributed by atoms with E-state index in [1.54, 1.807) is 0 Å². The van der Waals surface area contributed by atoms with Crippen molar-refractivity contribution in [2.24, 2.45) is 0 Å². The number of alkyl halides is 3. The summed E-state index contributed by atoms with van der Waals surface area (Å²) in [6, 6.07) is 2.09. The summed E-state index contributed by atoms with van der Waals surface area (Å²) in [4.78, 5) is 1.84. The van der Waals surface area contributed by atoms with Crippen LogP contribution in [0.3, 0.4) is 0 Å². The Kier molecular flexibility index (Phi) is 5.07. The average Bonchev–Trinajstić information content (AvgIpc) is 2.40. The summed E-state index contributed by atoms with van der Waals surface area (Å²) in [5.41, 5.74) is 0. The van der Waals surface area contributed by atoms with Crippen molar-refractivity contribution in [3.8, 4) is 6.07 Å². The molecule has 1 aliphatic rings. The minimum atomic E-state index is -4.09. The molecule has 0 aromatic carbocycles. The second kappa shape index (κ2) is 6.09. The molecule has 92 valence electrons. The molecule has 1 unspecified atom stereocenters. The molecule has 1 atom stereocenters. The highest BCUT2D eigenvalue weighted by molar-refractivity contribution is 4.84. The molecule has 1 heterocycles. The maximum atomic E-state index is 12.1. The van der Waals surface area contributed by atoms with Gasteiger partial charge in [0.15, 0.2) is 0 Å². The Labute approximate surface area is 94.0 Å². The highest BCUT2D eigenvalue weighted by Gasteiger charge is 2.30. The summed E-state index contributed by atoms with van der Waals surface area (Å²) in [6.45, 7) is 0.734. The monoisotopic (exact) mass is 234 g/mol. The Balaban J connectivity index is 2.48. The van der Waals surface area contributed by atoms with E-state index in [1.165, 1.54) is 0 Å². The van der Waals surface area contributed by atoms with E-state index in [1.807, 2.05) is 4.90 Å². The third-order valence-corrected chi connectivity index (χ3v) is 3.01. The Morgan fingerprint density at radius 3 is 2.62 bits per heavy atom. The van der Waals surface area contributed by atoms with E-state index in [0.29, 0.717) is 13.0 Å². The first-order valence-corrected chi connectivity index (χ1v) is 5.70. The van der Waals surface area contributed by atoms with Crippen LogP contribution in [0.4, 0.5) is 13.2 Å². The molecule has 0 saturated carbocycles. The summed E-state index contributed by atoms with van der Waals surface area (Å²) in [7, 11) is 0. The lowest BCUT2D eigenvalue weighted by Gasteiger charge is -2.28. The van der Waals surface area contributed by atoms with Crippen molar-refractivity contribution in [1.29, 1.82) is 5.26 Å². The van der Waals surface area contributed by atoms with Gasteiger partial charge in [-0.2, -0.15) is 18.4 Å². The van der Waals surface area contributed by atoms with Crippen molar-refractivity contribution in [2.45, 2.75) is 50.7 Å². The van der Waals surface area contributed by atoms with Crippen LogP contribution in [-0.2, 0) is 0 Å². The normalized spacial score (nSPS) is 23.8. The topological polar surface area (TPSA) is 27.0 Å². The Morgan fingerprint density at radius 2 is 2.00 bits per heavy atom. The zero-order valence-corrected chi connectivity index (χ0v) is 9.26. The van der Waals surface area contributed by atoms with E-state index in [4.69, 9.17) is 5.26 Å². The zero-order valence-electron chi connectivity index (χ0n) is 9.26. The molecule has 0 amide bonds. The van der Waals surface area contributed by atoms with Gasteiger partial charge in [-0.15, -0.1) is 0 Å². The van der Waals surface area contributed by atoms with Crippen LogP contribution in [0.15, 0.2) is 0 Å². The van der Waals surface area contributed by atoms with Gasteiger partial charge >= 0.3 is 6.18 Å². The lowest BCUT2D eigenvalue weighted by molar-refractivity contribution is -0.139. The van der Waals surface area contributed by atoms with Crippen molar-refractivity contribution in [3.05, 3.63) is 0 Å². The van der Waals surface area contributed by atoms with Gasteiger partial charge in [0.2, 0.25) is 0 Å². The number of likely N-dealkylation sites (tertiary alicyclic amines) is 1. The SMILES string of the molecule is N#CCC1CCCCCN1CCC(F)(F)F. The standard InChI is InChI=1S/C11H17F3N2/c12-11(13,14)6-9-16-8-3-1-2-4-10(16)5-7-15/h10H,1-6,8-9H2. The molecule has 0 aromatic rings. The second-order valence-electron chi connectivity index (χ2n) is 4.27. The molecule has 1 aliphatic heterocycles. The van der Waals surface area contributed by atoms with Gasteiger partial charge < -0.3 is 0 Å². The Bertz CT molecular complexity index is 245. The van der Waals surface area contributed by atoms with Gasteiger partial charge in [-0.1, -0.05) is 12.8 Å². The van der Waals surface area contributed by atoms with Gasteiger partial charge in [0.25, 0.3) is 0 Å². The van der Waals surface area contributed by atoms with Crippen molar-refractivity contribution >= 4 is 0 Å². The minimum Gasteiger partial charge on any atom is -0.299 e. The lowest BCUT2D eigenvalue weighted by Crippen LogP contribution is -2.37. The lowest BCUT2D eigenvalue weighted by atomic mass is 10.1. The largest absolute Gasteiger partial charge is 0.390 e. The van der Waals surface area contributed by atoms with Crippen LogP contribution in [0.1, 0.15) is 38.5 Å². The third kappa shape index (κ3) is 4.84. The zero-order chi connectivity index (χ0) is 12.0. The van der Waals surface area contributed by atoms with Crippen LogP contribution >= 0.6 is 0 Å². The third-order valence-electron chi connectivity index (χ3n) is 3.01. The van der Waals surface area contributed by atoms with Crippen molar-refractivity contribution in [2.75, 3.05) is 13.1 Å². The molecular formula is C11H17F3N2. The molecule has 0 spiro atoms. The number of hydrogen-bond donors (Lipinski definition) is 0. The Hall–Kier alpha value is -0.760. The van der Waals surface area contributed by atoms with E-state index < -0.39 is 12.6 Å². The highest BCUT2D eigenvalue weighted by Crippen LogP contribution is 2.24. The van der Waals surface area contributed by atoms with Crippen LogP contribution in [0.2, 0.25) is 0 Å². The molecule has 16 heavy (non-hydrogen) atoms. The van der Waals surface area contributed by atoms with E-state index >= 15 is 0 Å². The van der Waals surface area contributed by atoms with Crippen molar-refractivity contribution < 1.29 is 13.2 Å². The molecular weight excluding hydrogens is 217 g/mol. The Morgan fingerprint density at radius 1 is 1.25 bits per heavy atom. The fourth-order valence-corrected chi connectivity index (χ4v) is 2.14. The highest BCUT2D eigenvalue weighted by atomic mass is 19.4. The van der Waals surface area contributed by atoms with Gasteiger partial charge in [-0.05, 0) is 19.4 Å². The van der Waals surface area contributed by atoms with Crippen LogP contribution in [0.5, 0.6) is 0 Å². The van der Waals surface area contributed by atoms with Gasteiger partial charge in [0.1, 0.15) is 0 Å². The van der Waals surface area contributed by atoms with Crippen LogP contribution < -0.4 is 0 Å². The molecule has 1 fully saturated rings. The molecule has 1 saturated heterocycles. The first kappa shape index (κ1) is 13.3. The average molecular weight is 234 g/mol. The van der Waals surface area contributed by atoms with Crippen LogP contribution in [-0.4, -0.2) is 30.2 Å². The van der Waals surface area contributed by atoms with E-state index in [0.717, 1.165) is 25.7 Å². The van der Waals surface area contributed by atoms with Gasteiger partial charge in [-0.25, -0.2) is 0 Å².